The molecule has 0 spiro atoms. The molecule has 0 bridgehead atoms. The van der Waals surface area contributed by atoms with Gasteiger partial charge in [-0.15, -0.1) is 0 Å². The second kappa shape index (κ2) is 9.00. The molecule has 1 amide bonds. The van der Waals surface area contributed by atoms with E-state index in [1.54, 1.807) is 12.3 Å². The monoisotopic (exact) mass is 387 g/mol. The Morgan fingerprint density at radius 1 is 1.27 bits per heavy atom. The number of amides is 1. The third-order valence-electron chi connectivity index (χ3n) is 3.60. The lowest BCUT2D eigenvalue weighted by Gasteiger charge is -2.21. The maximum absolute atomic E-state index is 11.5. The molecule has 0 aliphatic carbocycles. The number of pyridine rings is 1. The number of primary amides is 1. The number of nitrogens with zero attached hydrogens (tertiary/aromatic N) is 1. The summed E-state index contributed by atoms with van der Waals surface area (Å²) in [5.74, 6) is -1.83. The number of nitrogens with two attached hydrogens (primary N) is 1. The average molecular weight is 387 g/mol. The molecule has 1 aromatic rings. The van der Waals surface area contributed by atoms with Crippen LogP contribution in [-0.2, 0) is 28.3 Å². The van der Waals surface area contributed by atoms with Gasteiger partial charge in [0.25, 0.3) is 5.91 Å². The van der Waals surface area contributed by atoms with Crippen LogP contribution in [0.2, 0.25) is 0 Å². The van der Waals surface area contributed by atoms with E-state index in [1.807, 2.05) is 0 Å². The van der Waals surface area contributed by atoms with E-state index in [2.05, 4.69) is 0 Å². The Morgan fingerprint density at radius 2 is 1.92 bits per heavy atom. The van der Waals surface area contributed by atoms with E-state index in [0.717, 1.165) is 0 Å². The highest BCUT2D eigenvalue weighted by atomic mass is 31.1. The fourth-order valence-corrected chi connectivity index (χ4v) is 2.89. The first-order valence-electron chi connectivity index (χ1n) is 7.65. The first-order chi connectivity index (χ1) is 12.3. The molecule has 26 heavy (non-hydrogen) atoms. The van der Waals surface area contributed by atoms with Gasteiger partial charge in [0.1, 0.15) is 11.7 Å². The van der Waals surface area contributed by atoms with Gasteiger partial charge in [-0.3, -0.25) is 14.4 Å². The van der Waals surface area contributed by atoms with E-state index >= 15 is 0 Å². The zero-order valence-electron chi connectivity index (χ0n) is 14.2. The van der Waals surface area contributed by atoms with Crippen molar-refractivity contribution in [1.82, 2.24) is 0 Å². The summed E-state index contributed by atoms with van der Waals surface area (Å²) in [5.41, 5.74) is 5.51. The van der Waals surface area contributed by atoms with Crippen molar-refractivity contribution in [3.8, 4) is 0 Å². The SMILES string of the molecule is CC(=O)O[C@@H]1[C@H](OC(C)=O)[C@@H](COPO)O[C@H]1[n+]1cccc(C(N)=O)c1. The molecule has 1 aliphatic rings. The van der Waals surface area contributed by atoms with Crippen molar-refractivity contribution in [2.75, 3.05) is 6.61 Å². The van der Waals surface area contributed by atoms with E-state index in [1.165, 1.54) is 30.7 Å². The van der Waals surface area contributed by atoms with E-state index in [4.69, 9.17) is 29.4 Å². The van der Waals surface area contributed by atoms with Crippen LogP contribution >= 0.6 is 9.03 Å². The minimum absolute atomic E-state index is 0.0861. The van der Waals surface area contributed by atoms with Gasteiger partial charge in [0.05, 0.1) is 6.61 Å². The van der Waals surface area contributed by atoms with Crippen molar-refractivity contribution in [1.29, 1.82) is 0 Å². The maximum atomic E-state index is 11.5. The summed E-state index contributed by atoms with van der Waals surface area (Å²) in [6.07, 6.45) is -0.598. The molecule has 0 saturated carbocycles. The molecule has 2 heterocycles. The molecule has 1 aromatic heterocycles. The quantitative estimate of drug-likeness (QED) is 0.358. The number of aromatic nitrogens is 1. The molecule has 11 heteroatoms. The Kier molecular flexibility index (Phi) is 6.98. The zero-order chi connectivity index (χ0) is 19.3. The molecule has 1 fully saturated rings. The Bertz CT molecular complexity index is 685. The van der Waals surface area contributed by atoms with Gasteiger partial charge in [-0.25, -0.2) is 0 Å². The molecule has 1 aliphatic heterocycles. The molecule has 3 N–H and O–H groups in total. The molecule has 2 rings (SSSR count). The lowest BCUT2D eigenvalue weighted by molar-refractivity contribution is -0.765. The van der Waals surface area contributed by atoms with Gasteiger partial charge in [0, 0.05) is 19.9 Å². The number of esters is 2. The highest BCUT2D eigenvalue weighted by Gasteiger charge is 2.54. The summed E-state index contributed by atoms with van der Waals surface area (Å²) >= 11 is 0. The van der Waals surface area contributed by atoms with Gasteiger partial charge < -0.3 is 29.4 Å². The van der Waals surface area contributed by atoms with Crippen LogP contribution in [0.1, 0.15) is 30.4 Å². The lowest BCUT2D eigenvalue weighted by atomic mass is 10.1. The lowest BCUT2D eigenvalue weighted by Crippen LogP contribution is -2.48. The summed E-state index contributed by atoms with van der Waals surface area (Å²) in [6.45, 7) is 2.34. The van der Waals surface area contributed by atoms with E-state index in [-0.39, 0.29) is 12.2 Å². The minimum atomic E-state index is -0.986. The Balaban J connectivity index is 2.37. The standard InChI is InChI=1S/C15H19N2O8P/c1-8(18)23-12-11(7-22-26-21)25-15(13(12)24-9(2)19)17-5-3-4-10(6-17)14(16)20/h3-6,11-13,15,21,26H,7H2,1-2H3,(H-,16,20)/p+1/t11-,12-,13-,15-/m1/s1. The first-order valence-corrected chi connectivity index (χ1v) is 8.50. The molecular formula is C15H20N2O8P+. The number of hydrogen-bond acceptors (Lipinski definition) is 8. The van der Waals surface area contributed by atoms with Gasteiger partial charge in [-0.05, 0) is 6.07 Å². The van der Waals surface area contributed by atoms with Crippen molar-refractivity contribution < 1.29 is 42.6 Å². The summed E-state index contributed by atoms with van der Waals surface area (Å²) in [4.78, 5) is 43.3. The van der Waals surface area contributed by atoms with Crippen LogP contribution in [0, 0.1) is 0 Å². The van der Waals surface area contributed by atoms with Crippen molar-refractivity contribution >= 4 is 26.9 Å². The molecule has 1 unspecified atom stereocenters. The fourth-order valence-electron chi connectivity index (χ4n) is 2.65. The van der Waals surface area contributed by atoms with E-state index in [9.17, 15) is 14.4 Å². The van der Waals surface area contributed by atoms with Crippen LogP contribution in [0.25, 0.3) is 0 Å². The van der Waals surface area contributed by atoms with Crippen molar-refractivity contribution in [3.63, 3.8) is 0 Å². The topological polar surface area (TPSA) is 138 Å². The van der Waals surface area contributed by atoms with Gasteiger partial charge in [0.15, 0.2) is 27.5 Å². The number of carbonyl (C=O) groups excluding carboxylic acids is 3. The smallest absolute Gasteiger partial charge is 0.304 e. The zero-order valence-corrected chi connectivity index (χ0v) is 15.2. The molecule has 1 saturated heterocycles. The summed E-state index contributed by atoms with van der Waals surface area (Å²) < 4.78 is 22.9. The predicted octanol–water partition coefficient (Wildman–Crippen LogP) is -0.649. The Hall–Kier alpha value is -2.13. The average Bonchev–Trinajstić information content (AvgIpc) is 2.89. The Morgan fingerprint density at radius 3 is 2.50 bits per heavy atom. The summed E-state index contributed by atoms with van der Waals surface area (Å²) in [5, 5.41) is 0. The Labute approximate surface area is 151 Å². The van der Waals surface area contributed by atoms with Crippen LogP contribution in [0.4, 0.5) is 0 Å². The van der Waals surface area contributed by atoms with Crippen molar-refractivity contribution in [2.45, 2.75) is 38.4 Å². The summed E-state index contributed by atoms with van der Waals surface area (Å²) in [7, 11) is -0.785. The highest BCUT2D eigenvalue weighted by Crippen LogP contribution is 2.32. The van der Waals surface area contributed by atoms with Crippen LogP contribution < -0.4 is 10.3 Å². The van der Waals surface area contributed by atoms with E-state index < -0.39 is 51.4 Å². The summed E-state index contributed by atoms with van der Waals surface area (Å²) in [6, 6.07) is 3.10. The van der Waals surface area contributed by atoms with Gasteiger partial charge in [-0.2, -0.15) is 4.57 Å². The maximum Gasteiger partial charge on any atom is 0.304 e. The largest absolute Gasteiger partial charge is 0.455 e. The number of ether oxygens (including phenoxy) is 3. The van der Waals surface area contributed by atoms with Gasteiger partial charge >= 0.3 is 18.2 Å². The van der Waals surface area contributed by atoms with Crippen molar-refractivity contribution in [3.05, 3.63) is 30.1 Å². The number of rotatable bonds is 7. The van der Waals surface area contributed by atoms with Gasteiger partial charge in [0.2, 0.25) is 6.10 Å². The molecule has 0 radical (unpaired) electrons. The van der Waals surface area contributed by atoms with Crippen LogP contribution in [0.3, 0.4) is 0 Å². The third-order valence-corrected chi connectivity index (χ3v) is 3.90. The predicted molar refractivity (Wildman–Crippen MR) is 86.7 cm³/mol. The normalized spacial score (nSPS) is 25.3. The number of hydrogen-bond donors (Lipinski definition) is 2. The minimum Gasteiger partial charge on any atom is -0.455 e. The highest BCUT2D eigenvalue weighted by molar-refractivity contribution is 7.24. The second-order valence-electron chi connectivity index (χ2n) is 5.52. The molecule has 5 atom stereocenters. The molecule has 142 valence electrons. The molecule has 0 aromatic carbocycles. The first kappa shape index (κ1) is 20.2. The molecular weight excluding hydrogens is 367 g/mol. The van der Waals surface area contributed by atoms with Crippen LogP contribution in [0.15, 0.2) is 24.5 Å². The van der Waals surface area contributed by atoms with E-state index in [0.29, 0.717) is 0 Å². The fraction of sp³-hybridized carbons (Fsp3) is 0.467. The van der Waals surface area contributed by atoms with Crippen LogP contribution in [0.5, 0.6) is 0 Å². The number of carbonyl (C=O) groups is 3. The second-order valence-corrected chi connectivity index (χ2v) is 5.99. The van der Waals surface area contributed by atoms with Gasteiger partial charge in [-0.1, -0.05) is 0 Å². The van der Waals surface area contributed by atoms with Crippen molar-refractivity contribution in [2.24, 2.45) is 5.73 Å². The molecule has 10 nitrogen and oxygen atoms in total. The van der Waals surface area contributed by atoms with Crippen LogP contribution in [-0.4, -0.2) is 47.7 Å². The third kappa shape index (κ3) is 4.95.